The van der Waals surface area contributed by atoms with Gasteiger partial charge in [0.05, 0.1) is 6.20 Å². The van der Waals surface area contributed by atoms with Crippen LogP contribution in [-0.2, 0) is 11.8 Å². The second-order valence-electron chi connectivity index (χ2n) is 5.20. The van der Waals surface area contributed by atoms with Crippen molar-refractivity contribution in [2.45, 2.75) is 11.8 Å². The Morgan fingerprint density at radius 1 is 1.40 bits per heavy atom. The molecule has 1 saturated carbocycles. The molecule has 3 atom stereocenters. The van der Waals surface area contributed by atoms with Crippen LogP contribution in [0.3, 0.4) is 0 Å². The Balaban J connectivity index is 1.94. The highest BCUT2D eigenvalue weighted by Gasteiger charge is 2.55. The van der Waals surface area contributed by atoms with Crippen LogP contribution in [0.15, 0.2) is 36.7 Å². The molecule has 1 fully saturated rings. The van der Waals surface area contributed by atoms with Crippen molar-refractivity contribution in [2.24, 2.45) is 13.0 Å². The predicted molar refractivity (Wildman–Crippen MR) is 70.7 cm³/mol. The van der Waals surface area contributed by atoms with Gasteiger partial charge in [-0.1, -0.05) is 12.1 Å². The zero-order chi connectivity index (χ0) is 14.3. The third-order valence-corrected chi connectivity index (χ3v) is 3.89. The number of ketones is 1. The Morgan fingerprint density at radius 3 is 2.75 bits per heavy atom. The summed E-state index contributed by atoms with van der Waals surface area (Å²) in [5.41, 5.74) is 1.75. The lowest BCUT2D eigenvalue weighted by molar-refractivity contribution is -0.123. The van der Waals surface area contributed by atoms with E-state index in [0.717, 1.165) is 11.1 Å². The molecular weight excluding hydrogens is 259 g/mol. The number of aliphatic hydroxyl groups is 1. The Kier molecular flexibility index (Phi) is 3.14. The van der Waals surface area contributed by atoms with Crippen LogP contribution >= 0.6 is 0 Å². The van der Waals surface area contributed by atoms with Crippen molar-refractivity contribution in [2.75, 3.05) is 6.61 Å². The number of benzene rings is 1. The summed E-state index contributed by atoms with van der Waals surface area (Å²) in [4.78, 5) is 11.9. The fraction of sp³-hybridized carbons (Fsp3) is 0.333. The monoisotopic (exact) mass is 274 g/mol. The van der Waals surface area contributed by atoms with Crippen molar-refractivity contribution in [3.05, 3.63) is 53.6 Å². The molecule has 1 N–H and O–H groups in total. The van der Waals surface area contributed by atoms with Gasteiger partial charge in [0.25, 0.3) is 0 Å². The van der Waals surface area contributed by atoms with E-state index in [4.69, 9.17) is 5.11 Å². The zero-order valence-corrected chi connectivity index (χ0v) is 11.0. The van der Waals surface area contributed by atoms with Gasteiger partial charge in [0, 0.05) is 31.0 Å². The van der Waals surface area contributed by atoms with Crippen molar-refractivity contribution in [1.29, 1.82) is 0 Å². The molecule has 1 aromatic carbocycles. The molecule has 0 aliphatic heterocycles. The number of carbonyl (C=O) groups excluding carboxylic acids is 1. The second-order valence-corrected chi connectivity index (χ2v) is 5.20. The van der Waals surface area contributed by atoms with Crippen LogP contribution in [0.25, 0.3) is 0 Å². The van der Waals surface area contributed by atoms with Crippen LogP contribution in [0.2, 0.25) is 0 Å². The van der Waals surface area contributed by atoms with Gasteiger partial charge in [0.15, 0.2) is 5.78 Å². The molecule has 0 unspecified atom stereocenters. The lowest BCUT2D eigenvalue weighted by Crippen LogP contribution is -2.08. The average molecular weight is 274 g/mol. The first kappa shape index (κ1) is 13.0. The predicted octanol–water partition coefficient (Wildman–Crippen LogP) is 1.62. The molecule has 5 heteroatoms. The van der Waals surface area contributed by atoms with Gasteiger partial charge in [0.1, 0.15) is 12.4 Å². The van der Waals surface area contributed by atoms with Gasteiger partial charge in [-0.3, -0.25) is 9.48 Å². The first-order valence-corrected chi connectivity index (χ1v) is 6.49. The molecule has 1 aromatic heterocycles. The summed E-state index contributed by atoms with van der Waals surface area (Å²) < 4.78 is 15.0. The van der Waals surface area contributed by atoms with Gasteiger partial charge < -0.3 is 5.11 Å². The van der Waals surface area contributed by atoms with E-state index in [0.29, 0.717) is 0 Å². The number of Topliss-reactive ketones (excluding diaryl/α,β-unsaturated/α-hetero) is 1. The van der Waals surface area contributed by atoms with Crippen molar-refractivity contribution in [3.8, 4) is 0 Å². The molecule has 0 saturated heterocycles. The van der Waals surface area contributed by atoms with E-state index in [1.54, 1.807) is 16.9 Å². The molecule has 0 bridgehead atoms. The number of halogens is 1. The average Bonchev–Trinajstić information content (AvgIpc) is 3.05. The molecule has 0 radical (unpaired) electrons. The largest absolute Gasteiger partial charge is 0.389 e. The lowest BCUT2D eigenvalue weighted by Gasteiger charge is -1.99. The maximum absolute atomic E-state index is 13.3. The van der Waals surface area contributed by atoms with E-state index in [2.05, 4.69) is 5.10 Å². The van der Waals surface area contributed by atoms with E-state index in [9.17, 15) is 9.18 Å². The maximum Gasteiger partial charge on any atom is 0.162 e. The lowest BCUT2D eigenvalue weighted by atomic mass is 10.1. The first-order valence-electron chi connectivity index (χ1n) is 6.49. The number of nitrogens with zero attached hydrogens (tertiary/aromatic N) is 2. The van der Waals surface area contributed by atoms with Gasteiger partial charge in [0.2, 0.25) is 0 Å². The summed E-state index contributed by atoms with van der Waals surface area (Å²) in [7, 11) is 1.81. The standard InChI is InChI=1S/C15H15FN2O2/c1-18-7-10(6-17-18)14-13(15(14)12(20)8-19)9-3-2-4-11(16)5-9/h2-7,13-15,19H,8H2,1H3/t13-,14-,15-/m1/s1. The van der Waals surface area contributed by atoms with Crippen molar-refractivity contribution in [1.82, 2.24) is 9.78 Å². The molecular formula is C15H15FN2O2. The normalized spacial score (nSPS) is 24.6. The molecule has 0 spiro atoms. The first-order chi connectivity index (χ1) is 9.61. The minimum atomic E-state index is -0.479. The minimum absolute atomic E-state index is 0.0230. The van der Waals surface area contributed by atoms with Crippen LogP contribution < -0.4 is 0 Å². The van der Waals surface area contributed by atoms with Crippen molar-refractivity contribution in [3.63, 3.8) is 0 Å². The highest BCUT2D eigenvalue weighted by molar-refractivity contribution is 5.88. The molecule has 4 nitrogen and oxygen atoms in total. The summed E-state index contributed by atoms with van der Waals surface area (Å²) >= 11 is 0. The fourth-order valence-electron chi connectivity index (χ4n) is 2.97. The number of hydrogen-bond donors (Lipinski definition) is 1. The third-order valence-electron chi connectivity index (χ3n) is 3.89. The summed E-state index contributed by atoms with van der Waals surface area (Å²) in [5, 5.41) is 13.2. The van der Waals surface area contributed by atoms with Gasteiger partial charge >= 0.3 is 0 Å². The summed E-state index contributed by atoms with van der Waals surface area (Å²) in [6.45, 7) is -0.479. The smallest absolute Gasteiger partial charge is 0.162 e. The number of hydrogen-bond acceptors (Lipinski definition) is 3. The van der Waals surface area contributed by atoms with Crippen LogP contribution in [-0.4, -0.2) is 27.3 Å². The molecule has 1 heterocycles. The number of aliphatic hydroxyl groups excluding tert-OH is 1. The van der Waals surface area contributed by atoms with E-state index in [1.807, 2.05) is 19.3 Å². The number of aromatic nitrogens is 2. The summed E-state index contributed by atoms with van der Waals surface area (Å²) in [6, 6.07) is 6.30. The van der Waals surface area contributed by atoms with E-state index in [-0.39, 0.29) is 29.4 Å². The topological polar surface area (TPSA) is 55.1 Å². The SMILES string of the molecule is Cn1cc([C@H]2[C@H](C(=O)CO)[C@@H]2c2cccc(F)c2)cn1. The van der Waals surface area contributed by atoms with Crippen LogP contribution in [0.1, 0.15) is 23.0 Å². The Bertz CT molecular complexity index is 653. The molecule has 20 heavy (non-hydrogen) atoms. The molecule has 104 valence electrons. The van der Waals surface area contributed by atoms with Gasteiger partial charge in [-0.25, -0.2) is 4.39 Å². The molecule has 0 amide bonds. The van der Waals surface area contributed by atoms with E-state index < -0.39 is 6.61 Å². The number of aryl methyl sites for hydroxylation is 1. The van der Waals surface area contributed by atoms with Crippen molar-refractivity contribution < 1.29 is 14.3 Å². The van der Waals surface area contributed by atoms with Gasteiger partial charge in [-0.05, 0) is 23.3 Å². The summed E-state index contributed by atoms with van der Waals surface area (Å²) in [6.07, 6.45) is 3.59. The Labute approximate surface area is 115 Å². The Morgan fingerprint density at radius 2 is 2.15 bits per heavy atom. The van der Waals surface area contributed by atoms with E-state index in [1.165, 1.54) is 12.1 Å². The Hall–Kier alpha value is -2.01. The van der Waals surface area contributed by atoms with E-state index >= 15 is 0 Å². The molecule has 1 aliphatic rings. The van der Waals surface area contributed by atoms with Crippen LogP contribution in [0.4, 0.5) is 4.39 Å². The van der Waals surface area contributed by atoms with Gasteiger partial charge in [-0.15, -0.1) is 0 Å². The number of rotatable bonds is 4. The second kappa shape index (κ2) is 4.83. The summed E-state index contributed by atoms with van der Waals surface area (Å²) in [5.74, 6) is -0.895. The van der Waals surface area contributed by atoms with Crippen LogP contribution in [0, 0.1) is 11.7 Å². The molecule has 2 aromatic rings. The zero-order valence-electron chi connectivity index (χ0n) is 11.0. The highest BCUT2D eigenvalue weighted by atomic mass is 19.1. The number of carbonyl (C=O) groups is 1. The van der Waals surface area contributed by atoms with Gasteiger partial charge in [-0.2, -0.15) is 5.10 Å². The highest BCUT2D eigenvalue weighted by Crippen LogP contribution is 2.60. The molecule has 1 aliphatic carbocycles. The molecule has 3 rings (SSSR count). The van der Waals surface area contributed by atoms with Crippen LogP contribution in [0.5, 0.6) is 0 Å². The third kappa shape index (κ3) is 2.14. The quantitative estimate of drug-likeness (QED) is 0.921. The van der Waals surface area contributed by atoms with Crippen molar-refractivity contribution >= 4 is 5.78 Å². The maximum atomic E-state index is 13.3. The fourth-order valence-corrected chi connectivity index (χ4v) is 2.97. The minimum Gasteiger partial charge on any atom is -0.389 e.